The number of nitrogens with two attached hydrogens (primary N) is 1. The Hall–Kier alpha value is -4.06. The van der Waals surface area contributed by atoms with E-state index in [1.54, 1.807) is 29.0 Å². The number of nitrogen functional groups attached to an aromatic ring is 1. The number of benzene rings is 1. The van der Waals surface area contributed by atoms with Crippen LogP contribution in [-0.4, -0.2) is 24.5 Å². The Morgan fingerprint density at radius 3 is 2.86 bits per heavy atom. The summed E-state index contributed by atoms with van der Waals surface area (Å²) in [7, 11) is 0. The van der Waals surface area contributed by atoms with Crippen molar-refractivity contribution in [3.05, 3.63) is 66.1 Å². The zero-order valence-corrected chi connectivity index (χ0v) is 14.8. The van der Waals surface area contributed by atoms with E-state index in [0.717, 1.165) is 0 Å². The van der Waals surface area contributed by atoms with Crippen LogP contribution in [0.25, 0.3) is 16.9 Å². The smallest absolute Gasteiger partial charge is 0.164 e. The van der Waals surface area contributed by atoms with Gasteiger partial charge in [0, 0.05) is 6.20 Å². The van der Waals surface area contributed by atoms with Crippen molar-refractivity contribution in [1.29, 1.82) is 5.26 Å². The highest BCUT2D eigenvalue weighted by Crippen LogP contribution is 2.27. The molecule has 138 valence electrons. The zero-order chi connectivity index (χ0) is 19.7. The highest BCUT2D eigenvalue weighted by Gasteiger charge is 2.21. The first-order valence-electron chi connectivity index (χ1n) is 8.45. The minimum Gasteiger partial charge on any atom is -0.382 e. The van der Waals surface area contributed by atoms with Crippen LogP contribution >= 0.6 is 0 Å². The lowest BCUT2D eigenvalue weighted by molar-refractivity contribution is 0.626. The largest absolute Gasteiger partial charge is 0.382 e. The molecule has 0 fully saturated rings. The molecule has 0 unspecified atom stereocenters. The average Bonchev–Trinajstić information content (AvgIpc) is 3.08. The molecular weight excluding hydrogens is 359 g/mol. The maximum absolute atomic E-state index is 13.8. The molecular formula is C19H15FN8. The summed E-state index contributed by atoms with van der Waals surface area (Å²) < 4.78 is 15.6. The van der Waals surface area contributed by atoms with Crippen molar-refractivity contribution in [2.24, 2.45) is 0 Å². The summed E-state index contributed by atoms with van der Waals surface area (Å²) in [6, 6.07) is 11.4. The normalized spacial score (nSPS) is 11.9. The van der Waals surface area contributed by atoms with Gasteiger partial charge in [-0.2, -0.15) is 5.26 Å². The van der Waals surface area contributed by atoms with Crippen LogP contribution < -0.4 is 11.1 Å². The van der Waals surface area contributed by atoms with Crippen LogP contribution in [0.2, 0.25) is 0 Å². The van der Waals surface area contributed by atoms with Crippen LogP contribution in [0.4, 0.5) is 16.0 Å². The molecule has 0 radical (unpaired) electrons. The Labute approximate surface area is 159 Å². The Kier molecular flexibility index (Phi) is 4.29. The highest BCUT2D eigenvalue weighted by molar-refractivity contribution is 5.74. The van der Waals surface area contributed by atoms with Crippen LogP contribution in [0.5, 0.6) is 0 Å². The van der Waals surface area contributed by atoms with Crippen LogP contribution in [-0.2, 0) is 0 Å². The molecule has 28 heavy (non-hydrogen) atoms. The van der Waals surface area contributed by atoms with Gasteiger partial charge in [-0.25, -0.2) is 24.3 Å². The second kappa shape index (κ2) is 6.92. The Morgan fingerprint density at radius 1 is 1.21 bits per heavy atom. The molecule has 0 saturated heterocycles. The van der Waals surface area contributed by atoms with Gasteiger partial charge in [-0.15, -0.1) is 0 Å². The predicted molar refractivity (Wildman–Crippen MR) is 102 cm³/mol. The van der Waals surface area contributed by atoms with Gasteiger partial charge in [0.2, 0.25) is 0 Å². The van der Waals surface area contributed by atoms with Crippen molar-refractivity contribution in [1.82, 2.24) is 24.5 Å². The van der Waals surface area contributed by atoms with Crippen LogP contribution in [0, 0.1) is 17.1 Å². The first kappa shape index (κ1) is 17.4. The van der Waals surface area contributed by atoms with Crippen molar-refractivity contribution < 1.29 is 4.39 Å². The number of nitrogens with one attached hydrogen (secondary N) is 1. The van der Waals surface area contributed by atoms with E-state index < -0.39 is 0 Å². The number of hydrogen-bond donors (Lipinski definition) is 2. The van der Waals surface area contributed by atoms with Gasteiger partial charge in [0.05, 0.1) is 11.7 Å². The lowest BCUT2D eigenvalue weighted by Crippen LogP contribution is -2.15. The maximum atomic E-state index is 13.8. The van der Waals surface area contributed by atoms with Crippen LogP contribution in [0.1, 0.15) is 24.4 Å². The quantitative estimate of drug-likeness (QED) is 0.564. The van der Waals surface area contributed by atoms with E-state index in [9.17, 15) is 9.65 Å². The van der Waals surface area contributed by atoms with E-state index >= 15 is 0 Å². The number of nitriles is 1. The van der Waals surface area contributed by atoms with Gasteiger partial charge in [0.1, 0.15) is 46.8 Å². The molecule has 1 atom stereocenters. The molecule has 0 saturated carbocycles. The first-order valence-corrected chi connectivity index (χ1v) is 8.45. The van der Waals surface area contributed by atoms with E-state index in [4.69, 9.17) is 5.73 Å². The number of fused-ring (bicyclic) bond motifs is 1. The molecule has 0 spiro atoms. The van der Waals surface area contributed by atoms with Crippen molar-refractivity contribution in [3.8, 4) is 11.8 Å². The molecule has 0 aliphatic rings. The molecule has 8 nitrogen and oxygen atoms in total. The standard InChI is InChI=1S/C19H15FN8/c1-11(26-17-14(9-21)16(22)24-10-25-17)18-27-15-6-3-7-23-19(15)28(18)13-5-2-4-12(20)8-13/h2-8,10-11H,1H3,(H3,22,24,25,26)/t11-/m0/s1. The van der Waals surface area contributed by atoms with Gasteiger partial charge in [0.25, 0.3) is 0 Å². The van der Waals surface area contributed by atoms with Gasteiger partial charge < -0.3 is 11.1 Å². The molecule has 0 amide bonds. The highest BCUT2D eigenvalue weighted by atomic mass is 19.1. The van der Waals surface area contributed by atoms with Crippen molar-refractivity contribution in [2.45, 2.75) is 13.0 Å². The summed E-state index contributed by atoms with van der Waals surface area (Å²) in [5.74, 6) is 0.610. The molecule has 4 rings (SSSR count). The lowest BCUT2D eigenvalue weighted by atomic mass is 10.2. The minimum absolute atomic E-state index is 0.0903. The molecule has 4 aromatic rings. The number of anilines is 2. The Morgan fingerprint density at radius 2 is 2.07 bits per heavy atom. The summed E-state index contributed by atoms with van der Waals surface area (Å²) in [4.78, 5) is 17.0. The topological polar surface area (TPSA) is 118 Å². The third-order valence-electron chi connectivity index (χ3n) is 4.24. The van der Waals surface area contributed by atoms with Crippen molar-refractivity contribution in [2.75, 3.05) is 11.1 Å². The third kappa shape index (κ3) is 2.97. The SMILES string of the molecule is C[C@H](Nc1ncnc(N)c1C#N)c1nc2cccnc2n1-c1cccc(F)c1. The second-order valence-electron chi connectivity index (χ2n) is 6.09. The second-order valence-corrected chi connectivity index (χ2v) is 6.09. The fourth-order valence-corrected chi connectivity index (χ4v) is 2.98. The molecule has 0 aliphatic carbocycles. The molecule has 0 bridgehead atoms. The molecule has 0 aliphatic heterocycles. The Bertz CT molecular complexity index is 1210. The van der Waals surface area contributed by atoms with Gasteiger partial charge in [-0.3, -0.25) is 4.57 Å². The molecule has 3 aromatic heterocycles. The maximum Gasteiger partial charge on any atom is 0.164 e. The van der Waals surface area contributed by atoms with Crippen molar-refractivity contribution in [3.63, 3.8) is 0 Å². The Balaban J connectivity index is 1.84. The van der Waals surface area contributed by atoms with Gasteiger partial charge in [-0.05, 0) is 37.3 Å². The first-order chi connectivity index (χ1) is 13.6. The van der Waals surface area contributed by atoms with Gasteiger partial charge in [-0.1, -0.05) is 6.07 Å². The number of pyridine rings is 1. The zero-order valence-electron chi connectivity index (χ0n) is 14.8. The van der Waals surface area contributed by atoms with E-state index in [1.807, 2.05) is 19.1 Å². The van der Waals surface area contributed by atoms with Crippen LogP contribution in [0.15, 0.2) is 48.9 Å². The summed E-state index contributed by atoms with van der Waals surface area (Å²) in [5.41, 5.74) is 7.76. The number of rotatable bonds is 4. The van der Waals surface area contributed by atoms with E-state index in [0.29, 0.717) is 28.5 Å². The van der Waals surface area contributed by atoms with Gasteiger partial charge >= 0.3 is 0 Å². The van der Waals surface area contributed by atoms with Gasteiger partial charge in [0.15, 0.2) is 5.65 Å². The number of aromatic nitrogens is 5. The van der Waals surface area contributed by atoms with Crippen LogP contribution in [0.3, 0.4) is 0 Å². The number of halogens is 1. The summed E-state index contributed by atoms with van der Waals surface area (Å²) in [6.45, 7) is 1.86. The number of hydrogen-bond acceptors (Lipinski definition) is 7. The van der Waals surface area contributed by atoms with E-state index in [1.165, 1.54) is 18.5 Å². The fourth-order valence-electron chi connectivity index (χ4n) is 2.98. The fraction of sp³-hybridized carbons (Fsp3) is 0.105. The molecule has 1 aromatic carbocycles. The number of imidazole rings is 1. The lowest BCUT2D eigenvalue weighted by Gasteiger charge is -2.17. The summed E-state index contributed by atoms with van der Waals surface area (Å²) in [5, 5.41) is 12.5. The average molecular weight is 374 g/mol. The molecule has 3 heterocycles. The van der Waals surface area contributed by atoms with E-state index in [-0.39, 0.29) is 23.2 Å². The monoisotopic (exact) mass is 374 g/mol. The predicted octanol–water partition coefficient (Wildman–Crippen LogP) is 2.98. The van der Waals surface area contributed by atoms with E-state index in [2.05, 4.69) is 25.3 Å². The van der Waals surface area contributed by atoms with Crippen molar-refractivity contribution >= 4 is 22.8 Å². The molecule has 3 N–H and O–H groups in total. The molecule has 9 heteroatoms. The number of nitrogens with zero attached hydrogens (tertiary/aromatic N) is 6. The summed E-state index contributed by atoms with van der Waals surface area (Å²) >= 11 is 0. The minimum atomic E-state index is -0.390. The third-order valence-corrected chi connectivity index (χ3v) is 4.24. The summed E-state index contributed by atoms with van der Waals surface area (Å²) in [6.07, 6.45) is 2.93.